The molecule has 16 heteroatoms. The largest absolute Gasteiger partial charge is 0.400 e. The van der Waals surface area contributed by atoms with Gasteiger partial charge in [0, 0.05) is 87.2 Å². The Morgan fingerprint density at radius 1 is 0.833 bits per heavy atom. The minimum absolute atomic E-state index is 0. The number of benzene rings is 2. The lowest BCUT2D eigenvalue weighted by Crippen LogP contribution is -2.27. The van der Waals surface area contributed by atoms with Crippen molar-refractivity contribution < 1.29 is 60.3 Å². The van der Waals surface area contributed by atoms with E-state index in [1.54, 1.807) is 26.4 Å². The van der Waals surface area contributed by atoms with E-state index in [1.165, 1.54) is 22.7 Å². The third-order valence-electron chi connectivity index (χ3n) is 8.13. The van der Waals surface area contributed by atoms with Crippen LogP contribution in [0.25, 0.3) is 0 Å². The summed E-state index contributed by atoms with van der Waals surface area (Å²) in [7, 11) is 4.23. The van der Waals surface area contributed by atoms with Crippen LogP contribution < -0.4 is 5.00 Å². The standard InChI is InChI=1S/C17H18O3.C12H13O2.C10H12O2.C5H5BrO.C5H12O2.CH4O.ClH2NO.H2S/c1-2-15(18)11-7-4-8-12-16(19)17(20)13-14-9-5-3-6-10-14;1-2-6-11(13)12(14)9-10-7-4-3-5-8-10;11-9(10-7-12-10)6-8-4-2-1-3-5-8;1-2-5(7)3-4-6;1-5(2,6-3)7-4;1-2;1-2-3;/h2-3,5-6,9-10,15-20H,1,12-13H2;1,4-5,7-8,11-14H,6,9H2;1-5,9-11H,6-7H2;2,5,7H,1H2;1-4H3;2H,1H3;2-3H;1H2/q;+1;;;;;;/t15-,16+,17+;11-,12-;9-,10-;5-;;;;/m0110..../s1. The highest BCUT2D eigenvalue weighted by molar-refractivity contribution is 9.12. The van der Waals surface area contributed by atoms with Gasteiger partial charge in [-0.05, 0) is 41.6 Å². The predicted molar refractivity (Wildman–Crippen MR) is 270 cm³/mol. The zero-order valence-electron chi connectivity index (χ0n) is 38.1. The summed E-state index contributed by atoms with van der Waals surface area (Å²) in [6.45, 7) is 11.1. The third-order valence-corrected chi connectivity index (χ3v) is 8.35. The first-order valence-electron chi connectivity index (χ1n) is 19.8. The number of aliphatic hydroxyl groups excluding tert-OH is 8. The molecule has 1 saturated heterocycles. The minimum atomic E-state index is -0.922. The Morgan fingerprint density at radius 3 is 1.70 bits per heavy atom. The first kappa shape index (κ1) is 68.5. The summed E-state index contributed by atoms with van der Waals surface area (Å²) in [4.78, 5) is 3.58. The average Bonchev–Trinajstić information content (AvgIpc) is 4.18. The Hall–Kier alpha value is -4.11. The Labute approximate surface area is 412 Å². The van der Waals surface area contributed by atoms with Crippen LogP contribution in [0.3, 0.4) is 0 Å². The number of halogens is 2. The van der Waals surface area contributed by atoms with Gasteiger partial charge in [0.25, 0.3) is 0 Å². The molecule has 66 heavy (non-hydrogen) atoms. The second kappa shape index (κ2) is 46.0. The maximum atomic E-state index is 9.85. The zero-order valence-corrected chi connectivity index (χ0v) is 41.4. The van der Waals surface area contributed by atoms with Crippen LogP contribution in [0.5, 0.6) is 0 Å². The number of methoxy groups -OCH3 is 2. The maximum absolute atomic E-state index is 9.85. The minimum Gasteiger partial charge on any atom is -0.400 e. The number of aliphatic hydroxyl groups is 8. The van der Waals surface area contributed by atoms with Gasteiger partial charge in [-0.2, -0.15) is 13.5 Å². The summed E-state index contributed by atoms with van der Waals surface area (Å²) in [5.41, 5.74) is 3.09. The van der Waals surface area contributed by atoms with E-state index in [0.29, 0.717) is 25.9 Å². The van der Waals surface area contributed by atoms with Gasteiger partial charge in [-0.25, -0.2) is 0 Å². The van der Waals surface area contributed by atoms with Gasteiger partial charge in [-0.1, -0.05) is 104 Å². The van der Waals surface area contributed by atoms with Crippen LogP contribution in [0.4, 0.5) is 0 Å². The highest BCUT2D eigenvalue weighted by Gasteiger charge is 2.31. The van der Waals surface area contributed by atoms with Gasteiger partial charge in [0.1, 0.15) is 30.5 Å². The molecule has 1 aliphatic carbocycles. The van der Waals surface area contributed by atoms with Crippen molar-refractivity contribution >= 4 is 41.2 Å². The van der Waals surface area contributed by atoms with Crippen molar-refractivity contribution in [1.29, 1.82) is 0 Å². The van der Waals surface area contributed by atoms with Gasteiger partial charge in [-0.15, -0.1) is 17.3 Å². The lowest BCUT2D eigenvalue weighted by atomic mass is 10.00. The maximum Gasteiger partial charge on any atom is 0.161 e. The summed E-state index contributed by atoms with van der Waals surface area (Å²) in [5.74, 6) is 14.4. The molecular weight excluding hydrogens is 954 g/mol. The Kier molecular flexibility index (Phi) is 47.7. The number of terminal acetylenes is 1. The van der Waals surface area contributed by atoms with Gasteiger partial charge in [-0.3, -0.25) is 0 Å². The van der Waals surface area contributed by atoms with E-state index < -0.39 is 42.4 Å². The van der Waals surface area contributed by atoms with Crippen molar-refractivity contribution in [2.24, 2.45) is 0 Å². The molecule has 0 spiro atoms. The van der Waals surface area contributed by atoms with Crippen molar-refractivity contribution in [2.75, 3.05) is 27.9 Å². The normalized spacial score (nSPS) is 15.1. The van der Waals surface area contributed by atoms with E-state index in [1.807, 2.05) is 86.7 Å². The third kappa shape index (κ3) is 41.3. The SMILES string of the molecule is C#CC[C@@H](O)[C@H](O)CC1=CC=[C+]C=C1.C=C[C@H](O)C#CBr.C=C[C@H](O)C#CC#CC[C@@H](O)[C@H](O)Cc1ccccc1.CO.COC(C)(C)OC.ONCl.O[C@H](Cc1ccccc1)[C@H]1CO1.S. The van der Waals surface area contributed by atoms with Crippen LogP contribution in [-0.4, -0.2) is 129 Å². The summed E-state index contributed by atoms with van der Waals surface area (Å²) in [6.07, 6.45) is 14.4. The van der Waals surface area contributed by atoms with Crippen molar-refractivity contribution in [3.8, 4) is 46.8 Å². The molecule has 8 atom stereocenters. The van der Waals surface area contributed by atoms with E-state index in [2.05, 4.69) is 87.3 Å². The van der Waals surface area contributed by atoms with Crippen LogP contribution in [0.1, 0.15) is 44.2 Å². The lowest BCUT2D eigenvalue weighted by molar-refractivity contribution is -0.178. The summed E-state index contributed by atoms with van der Waals surface area (Å²) < 4.78 is 14.7. The molecule has 13 nitrogen and oxygen atoms in total. The van der Waals surface area contributed by atoms with Gasteiger partial charge < -0.3 is 60.3 Å². The number of epoxide rings is 1. The van der Waals surface area contributed by atoms with Crippen LogP contribution in [0.2, 0.25) is 0 Å². The van der Waals surface area contributed by atoms with Crippen molar-refractivity contribution in [2.45, 2.75) is 101 Å². The first-order valence-corrected chi connectivity index (χ1v) is 21.0. The number of ether oxygens (including phenoxy) is 3. The molecule has 2 aromatic rings. The van der Waals surface area contributed by atoms with E-state index in [0.717, 1.165) is 18.2 Å². The topological polar surface area (TPSA) is 225 Å². The molecule has 1 aliphatic heterocycles. The number of allylic oxidation sites excluding steroid dienone is 5. The monoisotopic (exact) mass is 1020 g/mol. The molecule has 2 aromatic carbocycles. The molecule has 1 heterocycles. The second-order valence-electron chi connectivity index (χ2n) is 13.4. The molecule has 0 bridgehead atoms. The van der Waals surface area contributed by atoms with Crippen molar-refractivity contribution in [1.82, 2.24) is 5.00 Å². The zero-order chi connectivity index (χ0) is 49.9. The molecule has 10 N–H and O–H groups in total. The summed E-state index contributed by atoms with van der Waals surface area (Å²) in [5, 5.41) is 79.7. The van der Waals surface area contributed by atoms with E-state index >= 15 is 0 Å². The van der Waals surface area contributed by atoms with Gasteiger partial charge in [0.05, 0.1) is 54.9 Å². The molecule has 1 fully saturated rings. The number of rotatable bonds is 15. The average molecular weight is 1020 g/mol. The van der Waals surface area contributed by atoms with E-state index in [-0.39, 0.29) is 38.5 Å². The van der Waals surface area contributed by atoms with Crippen LogP contribution >= 0.6 is 41.2 Å². The van der Waals surface area contributed by atoms with Gasteiger partial charge in [0.2, 0.25) is 0 Å². The lowest BCUT2D eigenvalue weighted by Gasteiger charge is -2.19. The Balaban J connectivity index is -0.000000371. The van der Waals surface area contributed by atoms with Crippen LogP contribution in [0.15, 0.2) is 116 Å². The molecule has 0 amide bonds. The predicted octanol–water partition coefficient (Wildman–Crippen LogP) is 4.61. The van der Waals surface area contributed by atoms with E-state index in [9.17, 15) is 25.5 Å². The molecule has 0 radical (unpaired) electrons. The fourth-order valence-corrected chi connectivity index (χ4v) is 4.39. The summed E-state index contributed by atoms with van der Waals surface area (Å²) >= 11 is 7.13. The fourth-order valence-electron chi connectivity index (χ4n) is 4.15. The molecule has 2 aliphatic rings. The molecule has 364 valence electrons. The van der Waals surface area contributed by atoms with E-state index in [4.69, 9.17) is 41.2 Å². The van der Waals surface area contributed by atoms with Crippen molar-refractivity contribution in [3.05, 3.63) is 133 Å². The smallest absolute Gasteiger partial charge is 0.161 e. The van der Waals surface area contributed by atoms with Gasteiger partial charge in [0.15, 0.2) is 5.79 Å². The number of hydrogen-bond donors (Lipinski definition) is 10. The molecule has 0 saturated carbocycles. The van der Waals surface area contributed by atoms with Crippen LogP contribution in [0, 0.1) is 52.9 Å². The first-order chi connectivity index (χ1) is 31.1. The second-order valence-corrected chi connectivity index (χ2v) is 13.9. The number of nitrogens with one attached hydrogen (secondary N) is 1. The molecule has 0 aromatic heterocycles. The number of hydrogen-bond acceptors (Lipinski definition) is 13. The molecule has 4 rings (SSSR count). The Morgan fingerprint density at radius 2 is 1.30 bits per heavy atom. The Bertz CT molecular complexity index is 1830. The molecular formula is C50H68BrClNO12S+. The van der Waals surface area contributed by atoms with Gasteiger partial charge >= 0.3 is 0 Å². The quantitative estimate of drug-likeness (QED) is 0.0224. The summed E-state index contributed by atoms with van der Waals surface area (Å²) in [6, 6.07) is 19.4. The fraction of sp³-hybridized carbons (Fsp3) is 0.400. The highest BCUT2D eigenvalue weighted by atomic mass is 79.9. The highest BCUT2D eigenvalue weighted by Crippen LogP contribution is 2.17. The molecule has 0 unspecified atom stereocenters. The van der Waals surface area contributed by atoms with Crippen LogP contribution in [-0.2, 0) is 27.1 Å². The van der Waals surface area contributed by atoms with Crippen molar-refractivity contribution in [3.63, 3.8) is 0 Å².